The molecule has 3 rings (SSSR count). The molecule has 0 spiro atoms. The minimum Gasteiger partial charge on any atom is -0.350 e. The van der Waals surface area contributed by atoms with E-state index < -0.39 is 0 Å². The van der Waals surface area contributed by atoms with Crippen molar-refractivity contribution in [3.05, 3.63) is 72.0 Å². The van der Waals surface area contributed by atoms with E-state index in [1.54, 1.807) is 36.5 Å². The molecule has 0 aliphatic carbocycles. The Morgan fingerprint density at radius 2 is 1.96 bits per heavy atom. The van der Waals surface area contributed by atoms with Gasteiger partial charge >= 0.3 is 0 Å². The average Bonchev–Trinajstić information content (AvgIpc) is 3.10. The number of rotatable bonds is 4. The molecule has 0 aliphatic rings. The van der Waals surface area contributed by atoms with E-state index in [0.717, 1.165) is 5.56 Å². The van der Waals surface area contributed by atoms with Crippen molar-refractivity contribution < 1.29 is 13.7 Å². The van der Waals surface area contributed by atoms with Gasteiger partial charge in [-0.2, -0.15) is 0 Å². The Bertz CT molecular complexity index is 848. The Morgan fingerprint density at radius 3 is 2.67 bits per heavy atom. The number of amides is 1. The summed E-state index contributed by atoms with van der Waals surface area (Å²) in [5.74, 6) is -0.557. The van der Waals surface area contributed by atoms with Crippen LogP contribution in [0.15, 0.2) is 59.4 Å². The molecular formula is C18H16FN3O2. The summed E-state index contributed by atoms with van der Waals surface area (Å²) in [7, 11) is 1.69. The molecule has 5 nitrogen and oxygen atoms in total. The van der Waals surface area contributed by atoms with Gasteiger partial charge in [-0.3, -0.25) is 9.78 Å². The van der Waals surface area contributed by atoms with E-state index in [1.165, 1.54) is 18.2 Å². The fraction of sp³-hybridized carbons (Fsp3) is 0.167. The first kappa shape index (κ1) is 15.9. The molecule has 3 aromatic rings. The fourth-order valence-corrected chi connectivity index (χ4v) is 2.38. The molecule has 1 atom stereocenters. The molecule has 2 aromatic heterocycles. The zero-order valence-corrected chi connectivity index (χ0v) is 13.3. The lowest BCUT2D eigenvalue weighted by molar-refractivity contribution is 0.0700. The van der Waals surface area contributed by atoms with Gasteiger partial charge in [0.1, 0.15) is 11.5 Å². The Balaban J connectivity index is 1.81. The van der Waals surface area contributed by atoms with E-state index in [1.807, 2.05) is 19.1 Å². The SMILES string of the molecule is C[C@@H](c1ccncc1)N(C)C(=O)c1cc(-c2cccc(F)c2)no1. The summed E-state index contributed by atoms with van der Waals surface area (Å²) in [5, 5.41) is 3.86. The molecular weight excluding hydrogens is 309 g/mol. The van der Waals surface area contributed by atoms with Crippen LogP contribution >= 0.6 is 0 Å². The van der Waals surface area contributed by atoms with Gasteiger partial charge in [0.2, 0.25) is 5.76 Å². The smallest absolute Gasteiger partial charge is 0.292 e. The van der Waals surface area contributed by atoms with Gasteiger partial charge in [0.15, 0.2) is 0 Å². The van der Waals surface area contributed by atoms with Crippen molar-refractivity contribution in [3.8, 4) is 11.3 Å². The number of hydrogen-bond acceptors (Lipinski definition) is 4. The highest BCUT2D eigenvalue weighted by Crippen LogP contribution is 2.23. The molecule has 0 aliphatic heterocycles. The van der Waals surface area contributed by atoms with Gasteiger partial charge in [0.05, 0.1) is 6.04 Å². The van der Waals surface area contributed by atoms with Crippen molar-refractivity contribution in [2.45, 2.75) is 13.0 Å². The highest BCUT2D eigenvalue weighted by molar-refractivity contribution is 5.92. The van der Waals surface area contributed by atoms with Crippen LogP contribution in [0.25, 0.3) is 11.3 Å². The van der Waals surface area contributed by atoms with Crippen LogP contribution in [0.2, 0.25) is 0 Å². The molecule has 6 heteroatoms. The first-order valence-electron chi connectivity index (χ1n) is 7.46. The monoisotopic (exact) mass is 325 g/mol. The Kier molecular flexibility index (Phi) is 4.37. The highest BCUT2D eigenvalue weighted by atomic mass is 19.1. The topological polar surface area (TPSA) is 59.2 Å². The number of halogens is 1. The molecule has 24 heavy (non-hydrogen) atoms. The van der Waals surface area contributed by atoms with Crippen LogP contribution in [-0.2, 0) is 0 Å². The predicted molar refractivity (Wildman–Crippen MR) is 86.6 cm³/mol. The number of aromatic nitrogens is 2. The lowest BCUT2D eigenvalue weighted by Gasteiger charge is -2.23. The number of nitrogens with zero attached hydrogens (tertiary/aromatic N) is 3. The lowest BCUT2D eigenvalue weighted by Crippen LogP contribution is -2.29. The summed E-state index contributed by atoms with van der Waals surface area (Å²) in [4.78, 5) is 18.1. The van der Waals surface area contributed by atoms with Crippen LogP contribution < -0.4 is 0 Å². The van der Waals surface area contributed by atoms with Crippen molar-refractivity contribution in [2.24, 2.45) is 0 Å². The molecule has 1 amide bonds. The van der Waals surface area contributed by atoms with Crippen molar-refractivity contribution in [2.75, 3.05) is 7.05 Å². The van der Waals surface area contributed by atoms with Crippen molar-refractivity contribution in [1.29, 1.82) is 0 Å². The zero-order chi connectivity index (χ0) is 17.1. The Morgan fingerprint density at radius 1 is 1.21 bits per heavy atom. The van der Waals surface area contributed by atoms with E-state index in [4.69, 9.17) is 4.52 Å². The second kappa shape index (κ2) is 6.62. The molecule has 0 fully saturated rings. The van der Waals surface area contributed by atoms with Crippen LogP contribution in [0.3, 0.4) is 0 Å². The third kappa shape index (κ3) is 3.17. The standard InChI is InChI=1S/C18H16FN3O2/c1-12(13-6-8-20-9-7-13)22(2)18(23)17-11-16(21-24-17)14-4-3-5-15(19)10-14/h3-12H,1-2H3/t12-/m0/s1. The molecule has 0 radical (unpaired) electrons. The molecule has 1 aromatic carbocycles. The number of hydrogen-bond donors (Lipinski definition) is 0. The summed E-state index contributed by atoms with van der Waals surface area (Å²) < 4.78 is 18.5. The normalized spacial score (nSPS) is 12.0. The maximum absolute atomic E-state index is 13.3. The molecule has 0 unspecified atom stereocenters. The summed E-state index contributed by atoms with van der Waals surface area (Å²) in [6.45, 7) is 1.91. The lowest BCUT2D eigenvalue weighted by atomic mass is 10.1. The second-order valence-corrected chi connectivity index (χ2v) is 5.46. The third-order valence-electron chi connectivity index (χ3n) is 3.93. The van der Waals surface area contributed by atoms with Gasteiger partial charge in [-0.15, -0.1) is 0 Å². The quantitative estimate of drug-likeness (QED) is 0.734. The van der Waals surface area contributed by atoms with Gasteiger partial charge < -0.3 is 9.42 Å². The van der Waals surface area contributed by atoms with Gasteiger partial charge in [0.25, 0.3) is 5.91 Å². The van der Waals surface area contributed by atoms with Gasteiger partial charge in [0, 0.05) is 31.1 Å². The molecule has 0 saturated heterocycles. The van der Waals surface area contributed by atoms with Gasteiger partial charge in [-0.1, -0.05) is 17.3 Å². The van der Waals surface area contributed by atoms with Crippen molar-refractivity contribution in [3.63, 3.8) is 0 Å². The minimum absolute atomic E-state index is 0.109. The fourth-order valence-electron chi connectivity index (χ4n) is 2.38. The summed E-state index contributed by atoms with van der Waals surface area (Å²) in [6.07, 6.45) is 3.36. The van der Waals surface area contributed by atoms with E-state index in [2.05, 4.69) is 10.1 Å². The zero-order valence-electron chi connectivity index (χ0n) is 13.3. The number of carbonyl (C=O) groups excluding carboxylic acids is 1. The molecule has 2 heterocycles. The third-order valence-corrected chi connectivity index (χ3v) is 3.93. The Hall–Kier alpha value is -3.02. The van der Waals surface area contributed by atoms with Crippen LogP contribution in [-0.4, -0.2) is 28.0 Å². The van der Waals surface area contributed by atoms with E-state index >= 15 is 0 Å². The average molecular weight is 325 g/mol. The minimum atomic E-state index is -0.369. The summed E-state index contributed by atoms with van der Waals surface area (Å²) in [5.41, 5.74) is 1.94. The van der Waals surface area contributed by atoms with Crippen LogP contribution in [0.5, 0.6) is 0 Å². The van der Waals surface area contributed by atoms with Gasteiger partial charge in [-0.05, 0) is 36.8 Å². The molecule has 0 saturated carbocycles. The number of benzene rings is 1. The van der Waals surface area contributed by atoms with E-state index in [9.17, 15) is 9.18 Å². The number of carbonyl (C=O) groups is 1. The number of pyridine rings is 1. The first-order valence-corrected chi connectivity index (χ1v) is 7.46. The summed E-state index contributed by atoms with van der Waals surface area (Å²) in [6, 6.07) is 11.1. The maximum atomic E-state index is 13.3. The second-order valence-electron chi connectivity index (χ2n) is 5.46. The largest absolute Gasteiger partial charge is 0.350 e. The van der Waals surface area contributed by atoms with Crippen LogP contribution in [0.1, 0.15) is 29.1 Å². The van der Waals surface area contributed by atoms with Gasteiger partial charge in [-0.25, -0.2) is 4.39 Å². The molecule has 0 N–H and O–H groups in total. The first-order chi connectivity index (χ1) is 11.6. The van der Waals surface area contributed by atoms with Crippen LogP contribution in [0.4, 0.5) is 4.39 Å². The van der Waals surface area contributed by atoms with Crippen LogP contribution in [0, 0.1) is 5.82 Å². The molecule has 122 valence electrons. The molecule has 0 bridgehead atoms. The summed E-state index contributed by atoms with van der Waals surface area (Å²) >= 11 is 0. The van der Waals surface area contributed by atoms with Crippen molar-refractivity contribution >= 4 is 5.91 Å². The van der Waals surface area contributed by atoms with E-state index in [0.29, 0.717) is 11.3 Å². The predicted octanol–water partition coefficient (Wildman–Crippen LogP) is 3.71. The van der Waals surface area contributed by atoms with E-state index in [-0.39, 0.29) is 23.5 Å². The Labute approximate surface area is 138 Å². The maximum Gasteiger partial charge on any atom is 0.292 e. The van der Waals surface area contributed by atoms with Crippen molar-refractivity contribution in [1.82, 2.24) is 15.0 Å². The highest BCUT2D eigenvalue weighted by Gasteiger charge is 2.23.